The van der Waals surface area contributed by atoms with Gasteiger partial charge in [-0.25, -0.2) is 0 Å². The van der Waals surface area contributed by atoms with Crippen molar-refractivity contribution in [2.75, 3.05) is 13.2 Å². The van der Waals surface area contributed by atoms with Gasteiger partial charge in [0.25, 0.3) is 0 Å². The van der Waals surface area contributed by atoms with Crippen LogP contribution in [-0.2, 0) is 4.74 Å². The van der Waals surface area contributed by atoms with Crippen LogP contribution in [0.1, 0.15) is 56.1 Å². The third-order valence-electron chi connectivity index (χ3n) is 3.77. The minimum atomic E-state index is -0.437. The summed E-state index contributed by atoms with van der Waals surface area (Å²) in [7, 11) is 0. The number of hydrogen-bond donors (Lipinski definition) is 1. The summed E-state index contributed by atoms with van der Waals surface area (Å²) in [6, 6.07) is 3.78. The van der Waals surface area contributed by atoms with Gasteiger partial charge in [-0.15, -0.1) is 0 Å². The quantitative estimate of drug-likeness (QED) is 0.786. The van der Waals surface area contributed by atoms with E-state index < -0.39 is 6.10 Å². The van der Waals surface area contributed by atoms with E-state index >= 15 is 0 Å². The molecular weight excluding hydrogens is 228 g/mol. The Kier molecular flexibility index (Phi) is 5.26. The molecule has 102 valence electrons. The molecule has 3 heteroatoms. The minimum absolute atomic E-state index is 0.437. The number of unbranched alkanes of at least 4 members (excludes halogenated alkanes) is 1. The fourth-order valence-corrected chi connectivity index (χ4v) is 2.58. The van der Waals surface area contributed by atoms with Gasteiger partial charge in [0, 0.05) is 13.2 Å². The number of hydrogen-bond acceptors (Lipinski definition) is 3. The Balaban J connectivity index is 1.60. The molecule has 0 amide bonds. The molecular formula is C15H24O3. The molecule has 1 unspecified atom stereocenters. The summed E-state index contributed by atoms with van der Waals surface area (Å²) in [6.45, 7) is 3.76. The van der Waals surface area contributed by atoms with Crippen LogP contribution < -0.4 is 0 Å². The summed E-state index contributed by atoms with van der Waals surface area (Å²) >= 11 is 0. The first kappa shape index (κ1) is 13.6. The lowest BCUT2D eigenvalue weighted by Crippen LogP contribution is -2.15. The molecule has 2 heterocycles. The molecule has 3 nitrogen and oxygen atoms in total. The summed E-state index contributed by atoms with van der Waals surface area (Å²) in [5, 5.41) is 9.96. The molecule has 0 radical (unpaired) electrons. The van der Waals surface area contributed by atoms with Crippen molar-refractivity contribution < 1.29 is 14.3 Å². The van der Waals surface area contributed by atoms with Crippen molar-refractivity contribution in [1.29, 1.82) is 0 Å². The Bertz CT molecular complexity index is 339. The van der Waals surface area contributed by atoms with Gasteiger partial charge >= 0.3 is 0 Å². The third-order valence-corrected chi connectivity index (χ3v) is 3.77. The Morgan fingerprint density at radius 1 is 1.28 bits per heavy atom. The van der Waals surface area contributed by atoms with Crippen LogP contribution in [0.3, 0.4) is 0 Å². The highest BCUT2D eigenvalue weighted by Gasteiger charge is 2.14. The first-order valence-corrected chi connectivity index (χ1v) is 7.08. The normalized spacial score (nSPS) is 19.0. The molecule has 0 spiro atoms. The van der Waals surface area contributed by atoms with Gasteiger partial charge in [0.05, 0.1) is 0 Å². The van der Waals surface area contributed by atoms with E-state index in [1.54, 1.807) is 0 Å². The standard InChI is InChI=1S/C15H24O3/c1-12-6-7-15(18-12)14(16)5-3-2-4-13-8-10-17-11-9-13/h6-7,13-14,16H,2-5,8-11H2,1H3. The van der Waals surface area contributed by atoms with E-state index in [4.69, 9.17) is 9.15 Å². The zero-order valence-corrected chi connectivity index (χ0v) is 11.2. The van der Waals surface area contributed by atoms with Gasteiger partial charge < -0.3 is 14.3 Å². The summed E-state index contributed by atoms with van der Waals surface area (Å²) in [5.74, 6) is 2.41. The largest absolute Gasteiger partial charge is 0.464 e. The van der Waals surface area contributed by atoms with Gasteiger partial charge in [0.2, 0.25) is 0 Å². The maximum absolute atomic E-state index is 9.96. The molecule has 1 atom stereocenters. The lowest BCUT2D eigenvalue weighted by Gasteiger charge is -2.21. The van der Waals surface area contributed by atoms with Crippen LogP contribution in [0.4, 0.5) is 0 Å². The van der Waals surface area contributed by atoms with Gasteiger partial charge in [-0.1, -0.05) is 19.3 Å². The highest BCUT2D eigenvalue weighted by Crippen LogP contribution is 2.25. The Labute approximate surface area is 109 Å². The summed E-state index contributed by atoms with van der Waals surface area (Å²) in [6.07, 6.45) is 6.32. The van der Waals surface area contributed by atoms with Gasteiger partial charge in [0.1, 0.15) is 17.6 Å². The van der Waals surface area contributed by atoms with Crippen LogP contribution in [0.5, 0.6) is 0 Å². The molecule has 2 rings (SSSR count). The monoisotopic (exact) mass is 252 g/mol. The molecule has 18 heavy (non-hydrogen) atoms. The van der Waals surface area contributed by atoms with Crippen LogP contribution in [0.2, 0.25) is 0 Å². The Morgan fingerprint density at radius 3 is 2.72 bits per heavy atom. The smallest absolute Gasteiger partial charge is 0.132 e. The van der Waals surface area contributed by atoms with E-state index in [2.05, 4.69) is 0 Å². The van der Waals surface area contributed by atoms with E-state index in [0.717, 1.165) is 37.7 Å². The van der Waals surface area contributed by atoms with Crippen LogP contribution in [-0.4, -0.2) is 18.3 Å². The maximum atomic E-state index is 9.96. The Hall–Kier alpha value is -0.800. The second-order valence-electron chi connectivity index (χ2n) is 5.30. The van der Waals surface area contributed by atoms with Crippen molar-refractivity contribution in [3.63, 3.8) is 0 Å². The molecule has 1 N–H and O–H groups in total. The molecule has 1 aliphatic rings. The SMILES string of the molecule is Cc1ccc(C(O)CCCCC2CCOCC2)o1. The average Bonchev–Trinajstić information content (AvgIpc) is 2.82. The van der Waals surface area contributed by atoms with Crippen LogP contribution in [0, 0.1) is 12.8 Å². The number of aliphatic hydroxyl groups excluding tert-OH is 1. The van der Waals surface area contributed by atoms with Crippen molar-refractivity contribution in [3.05, 3.63) is 23.7 Å². The molecule has 0 aliphatic carbocycles. The van der Waals surface area contributed by atoms with Crippen molar-refractivity contribution in [1.82, 2.24) is 0 Å². The number of rotatable bonds is 6. The Morgan fingerprint density at radius 2 is 2.06 bits per heavy atom. The molecule has 1 fully saturated rings. The lowest BCUT2D eigenvalue weighted by atomic mass is 9.93. The predicted octanol–water partition coefficient (Wildman–Crippen LogP) is 3.61. The van der Waals surface area contributed by atoms with Crippen molar-refractivity contribution in [2.24, 2.45) is 5.92 Å². The molecule has 1 aromatic rings. The fourth-order valence-electron chi connectivity index (χ4n) is 2.58. The van der Waals surface area contributed by atoms with E-state index in [1.807, 2.05) is 19.1 Å². The first-order chi connectivity index (χ1) is 8.75. The second kappa shape index (κ2) is 6.95. The fraction of sp³-hybridized carbons (Fsp3) is 0.733. The van der Waals surface area contributed by atoms with Crippen LogP contribution >= 0.6 is 0 Å². The van der Waals surface area contributed by atoms with E-state index in [1.165, 1.54) is 25.7 Å². The highest BCUT2D eigenvalue weighted by molar-refractivity contribution is 5.07. The molecule has 0 aromatic carbocycles. The van der Waals surface area contributed by atoms with Crippen LogP contribution in [0.15, 0.2) is 16.5 Å². The van der Waals surface area contributed by atoms with Crippen LogP contribution in [0.25, 0.3) is 0 Å². The second-order valence-corrected chi connectivity index (χ2v) is 5.30. The first-order valence-electron chi connectivity index (χ1n) is 7.08. The molecule has 1 aromatic heterocycles. The zero-order valence-electron chi connectivity index (χ0n) is 11.2. The predicted molar refractivity (Wildman–Crippen MR) is 70.4 cm³/mol. The van der Waals surface area contributed by atoms with E-state index in [0.29, 0.717) is 5.76 Å². The van der Waals surface area contributed by atoms with E-state index in [9.17, 15) is 5.11 Å². The van der Waals surface area contributed by atoms with Gasteiger partial charge in [-0.3, -0.25) is 0 Å². The summed E-state index contributed by atoms with van der Waals surface area (Å²) in [4.78, 5) is 0. The van der Waals surface area contributed by atoms with Crippen molar-refractivity contribution in [2.45, 2.75) is 51.6 Å². The number of aliphatic hydroxyl groups is 1. The summed E-state index contributed by atoms with van der Waals surface area (Å²) < 4.78 is 10.8. The molecule has 0 bridgehead atoms. The minimum Gasteiger partial charge on any atom is -0.464 e. The topological polar surface area (TPSA) is 42.6 Å². The molecule has 1 saturated heterocycles. The number of aryl methyl sites for hydroxylation is 1. The number of ether oxygens (including phenoxy) is 1. The molecule has 0 saturated carbocycles. The van der Waals surface area contributed by atoms with E-state index in [-0.39, 0.29) is 0 Å². The van der Waals surface area contributed by atoms with Gasteiger partial charge in [0.15, 0.2) is 0 Å². The number of furan rings is 1. The summed E-state index contributed by atoms with van der Waals surface area (Å²) in [5.41, 5.74) is 0. The molecule has 1 aliphatic heterocycles. The van der Waals surface area contributed by atoms with Gasteiger partial charge in [-0.05, 0) is 44.2 Å². The maximum Gasteiger partial charge on any atom is 0.132 e. The highest BCUT2D eigenvalue weighted by atomic mass is 16.5. The van der Waals surface area contributed by atoms with Crippen molar-refractivity contribution in [3.8, 4) is 0 Å². The zero-order chi connectivity index (χ0) is 12.8. The average molecular weight is 252 g/mol. The third kappa shape index (κ3) is 4.14. The van der Waals surface area contributed by atoms with Gasteiger partial charge in [-0.2, -0.15) is 0 Å². The lowest BCUT2D eigenvalue weighted by molar-refractivity contribution is 0.0624. The van der Waals surface area contributed by atoms with Crippen molar-refractivity contribution >= 4 is 0 Å².